The van der Waals surface area contributed by atoms with E-state index < -0.39 is 11.8 Å². The second-order valence-corrected chi connectivity index (χ2v) is 9.45. The molecule has 176 valence electrons. The average molecular weight is 443 g/mol. The van der Waals surface area contributed by atoms with Crippen molar-refractivity contribution < 1.29 is 14.3 Å². The van der Waals surface area contributed by atoms with Gasteiger partial charge in [0, 0.05) is 45.0 Å². The molecule has 1 aromatic rings. The predicted octanol–water partition coefficient (Wildman–Crippen LogP) is 2.40. The third-order valence-corrected chi connectivity index (χ3v) is 7.18. The number of amides is 2. The number of anilines is 1. The fourth-order valence-electron chi connectivity index (χ4n) is 5.30. The van der Waals surface area contributed by atoms with Crippen molar-refractivity contribution in [2.75, 3.05) is 51.3 Å². The smallest absolute Gasteiger partial charge is 0.309 e. The number of rotatable bonds is 5. The van der Waals surface area contributed by atoms with Crippen LogP contribution < -0.4 is 15.5 Å². The quantitative estimate of drug-likeness (QED) is 0.541. The van der Waals surface area contributed by atoms with Gasteiger partial charge in [-0.25, -0.2) is 0 Å². The summed E-state index contributed by atoms with van der Waals surface area (Å²) in [5.74, 6) is -1.02. The van der Waals surface area contributed by atoms with Gasteiger partial charge in [0.2, 0.25) is 0 Å². The number of nitrogens with one attached hydrogen (secondary N) is 2. The van der Waals surface area contributed by atoms with Gasteiger partial charge in [0.25, 0.3) is 0 Å². The lowest BCUT2D eigenvalue weighted by atomic mass is 9.95. The minimum Gasteiger partial charge on any atom is -0.379 e. The van der Waals surface area contributed by atoms with E-state index >= 15 is 0 Å². The van der Waals surface area contributed by atoms with E-state index in [9.17, 15) is 9.59 Å². The van der Waals surface area contributed by atoms with Crippen LogP contribution in [0.1, 0.15) is 62.1 Å². The molecule has 0 aromatic heterocycles. The van der Waals surface area contributed by atoms with Crippen LogP contribution in [-0.4, -0.2) is 69.2 Å². The van der Waals surface area contributed by atoms with Crippen LogP contribution in [0.3, 0.4) is 0 Å². The Morgan fingerprint density at radius 1 is 1.03 bits per heavy atom. The summed E-state index contributed by atoms with van der Waals surface area (Å²) in [6.07, 6.45) is 8.87. The van der Waals surface area contributed by atoms with E-state index in [0.29, 0.717) is 19.8 Å². The van der Waals surface area contributed by atoms with Crippen LogP contribution in [-0.2, 0) is 20.7 Å². The maximum absolute atomic E-state index is 12.6. The van der Waals surface area contributed by atoms with Crippen LogP contribution in [0.2, 0.25) is 0 Å². The number of fused-ring (bicyclic) bond motifs is 1. The Hall–Kier alpha value is -2.12. The molecule has 0 radical (unpaired) electrons. The molecule has 7 nitrogen and oxygen atoms in total. The number of hydrogen-bond acceptors (Lipinski definition) is 5. The molecule has 1 saturated heterocycles. The number of hydrogen-bond donors (Lipinski definition) is 2. The molecule has 4 rings (SSSR count). The Bertz CT molecular complexity index is 785. The van der Waals surface area contributed by atoms with Gasteiger partial charge in [-0.3, -0.25) is 14.5 Å². The summed E-state index contributed by atoms with van der Waals surface area (Å²) in [6, 6.07) is 6.84. The molecule has 2 aliphatic heterocycles. The lowest BCUT2D eigenvalue weighted by molar-refractivity contribution is -0.139. The van der Waals surface area contributed by atoms with Crippen LogP contribution >= 0.6 is 0 Å². The molecular weight excluding hydrogens is 404 g/mol. The summed E-state index contributed by atoms with van der Waals surface area (Å²) in [6.45, 7) is 4.55. The third-order valence-electron chi connectivity index (χ3n) is 7.18. The van der Waals surface area contributed by atoms with Gasteiger partial charge in [0.1, 0.15) is 0 Å². The molecule has 7 heteroatoms. The Kier molecular flexibility index (Phi) is 8.03. The van der Waals surface area contributed by atoms with Crippen molar-refractivity contribution in [2.24, 2.45) is 0 Å². The van der Waals surface area contributed by atoms with Crippen molar-refractivity contribution in [3.8, 4) is 0 Å². The number of aryl methyl sites for hydroxylation is 1. The monoisotopic (exact) mass is 442 g/mol. The van der Waals surface area contributed by atoms with Gasteiger partial charge in [-0.15, -0.1) is 0 Å². The Labute approximate surface area is 191 Å². The maximum atomic E-state index is 12.6. The zero-order valence-electron chi connectivity index (χ0n) is 19.4. The van der Waals surface area contributed by atoms with E-state index in [-0.39, 0.29) is 12.1 Å². The number of morpholine rings is 1. The topological polar surface area (TPSA) is 73.9 Å². The first-order valence-corrected chi connectivity index (χ1v) is 12.4. The van der Waals surface area contributed by atoms with Crippen molar-refractivity contribution in [1.82, 2.24) is 15.5 Å². The third kappa shape index (κ3) is 5.81. The summed E-state index contributed by atoms with van der Waals surface area (Å²) in [7, 11) is 2.14. The van der Waals surface area contributed by atoms with Gasteiger partial charge in [-0.05, 0) is 42.9 Å². The first-order valence-electron chi connectivity index (χ1n) is 12.4. The summed E-state index contributed by atoms with van der Waals surface area (Å²) in [5.41, 5.74) is 3.87. The Balaban J connectivity index is 1.42. The number of nitrogens with zero attached hydrogens (tertiary/aromatic N) is 2. The highest BCUT2D eigenvalue weighted by molar-refractivity contribution is 6.35. The first-order chi connectivity index (χ1) is 15.6. The molecule has 1 saturated carbocycles. The number of benzene rings is 1. The van der Waals surface area contributed by atoms with Gasteiger partial charge in [0.05, 0.1) is 19.3 Å². The highest BCUT2D eigenvalue weighted by atomic mass is 16.5. The highest BCUT2D eigenvalue weighted by Gasteiger charge is 2.26. The molecule has 0 bridgehead atoms. The first kappa shape index (κ1) is 23.1. The van der Waals surface area contributed by atoms with Gasteiger partial charge in [-0.1, -0.05) is 37.8 Å². The normalized spacial score (nSPS) is 21.3. The molecular formula is C25H38N4O3. The largest absolute Gasteiger partial charge is 0.379 e. The molecule has 32 heavy (non-hydrogen) atoms. The maximum Gasteiger partial charge on any atom is 0.309 e. The van der Waals surface area contributed by atoms with Gasteiger partial charge in [0.15, 0.2) is 0 Å². The van der Waals surface area contributed by atoms with E-state index in [4.69, 9.17) is 4.74 Å². The summed E-state index contributed by atoms with van der Waals surface area (Å²) >= 11 is 0. The van der Waals surface area contributed by atoms with Crippen molar-refractivity contribution in [3.05, 3.63) is 29.3 Å². The fraction of sp³-hybridized carbons (Fsp3) is 0.680. The zero-order chi connectivity index (χ0) is 22.3. The van der Waals surface area contributed by atoms with Crippen molar-refractivity contribution >= 4 is 17.5 Å². The predicted molar refractivity (Wildman–Crippen MR) is 126 cm³/mol. The molecule has 3 aliphatic rings. The number of ether oxygens (including phenoxy) is 1. The fourth-order valence-corrected chi connectivity index (χ4v) is 5.30. The van der Waals surface area contributed by atoms with Gasteiger partial charge >= 0.3 is 11.8 Å². The number of carbonyl (C=O) groups excluding carboxylic acids is 2. The minimum atomic E-state index is -0.523. The van der Waals surface area contributed by atoms with Crippen LogP contribution in [0.4, 0.5) is 5.69 Å². The summed E-state index contributed by atoms with van der Waals surface area (Å²) < 4.78 is 5.55. The lowest BCUT2D eigenvalue weighted by Gasteiger charge is -2.36. The highest BCUT2D eigenvalue weighted by Crippen LogP contribution is 2.31. The van der Waals surface area contributed by atoms with Crippen LogP contribution in [0.5, 0.6) is 0 Å². The molecule has 2 heterocycles. The molecule has 1 atom stereocenters. The lowest BCUT2D eigenvalue weighted by Crippen LogP contribution is -2.48. The van der Waals surface area contributed by atoms with Gasteiger partial charge < -0.3 is 20.3 Å². The SMILES string of the molecule is CN1CCCc2cc([C@H](CNC(=O)C(=O)NC3CCCCCC3)N3CCOCC3)ccc21. The van der Waals surface area contributed by atoms with E-state index in [1.54, 1.807) is 0 Å². The van der Waals surface area contributed by atoms with Crippen molar-refractivity contribution in [1.29, 1.82) is 0 Å². The number of carbonyl (C=O) groups is 2. The van der Waals surface area contributed by atoms with Crippen molar-refractivity contribution in [3.63, 3.8) is 0 Å². The van der Waals surface area contributed by atoms with E-state index in [0.717, 1.165) is 58.2 Å². The second-order valence-electron chi connectivity index (χ2n) is 9.45. The van der Waals surface area contributed by atoms with Crippen LogP contribution in [0.15, 0.2) is 18.2 Å². The van der Waals surface area contributed by atoms with Gasteiger partial charge in [-0.2, -0.15) is 0 Å². The molecule has 2 amide bonds. The van der Waals surface area contributed by atoms with E-state index in [2.05, 4.69) is 45.7 Å². The van der Waals surface area contributed by atoms with E-state index in [1.165, 1.54) is 29.7 Å². The second kappa shape index (κ2) is 11.1. The standard InChI is InChI=1S/C25H38N4O3/c1-28-12-6-7-19-17-20(10-11-22(19)28)23(29-13-15-32-16-14-29)18-26-24(30)25(31)27-21-8-4-2-3-5-9-21/h10-11,17,21,23H,2-9,12-16,18H2,1H3,(H,26,30)(H,27,31)/t23-/m0/s1. The average Bonchev–Trinajstić information content (AvgIpc) is 3.08. The molecule has 2 N–H and O–H groups in total. The van der Waals surface area contributed by atoms with E-state index in [1.807, 2.05) is 0 Å². The van der Waals surface area contributed by atoms with Crippen molar-refractivity contribution in [2.45, 2.75) is 63.5 Å². The molecule has 1 aliphatic carbocycles. The molecule has 0 spiro atoms. The molecule has 0 unspecified atom stereocenters. The zero-order valence-corrected chi connectivity index (χ0v) is 19.4. The Morgan fingerprint density at radius 3 is 2.53 bits per heavy atom. The van der Waals surface area contributed by atoms with Crippen LogP contribution in [0, 0.1) is 0 Å². The molecule has 2 fully saturated rings. The summed E-state index contributed by atoms with van der Waals surface area (Å²) in [4.78, 5) is 29.8. The Morgan fingerprint density at radius 2 is 1.78 bits per heavy atom. The summed E-state index contributed by atoms with van der Waals surface area (Å²) in [5, 5.41) is 5.89. The van der Waals surface area contributed by atoms with Crippen LogP contribution in [0.25, 0.3) is 0 Å². The minimum absolute atomic E-state index is 0.0334. The molecule has 1 aromatic carbocycles.